The van der Waals surface area contributed by atoms with Crippen LogP contribution < -0.4 is 20.1 Å². The highest BCUT2D eigenvalue weighted by molar-refractivity contribution is 7.92. The van der Waals surface area contributed by atoms with E-state index in [0.29, 0.717) is 43.4 Å². The number of unbranched alkanes of at least 4 members (excludes halogenated alkanes) is 1. The van der Waals surface area contributed by atoms with Gasteiger partial charge in [-0.2, -0.15) is 0 Å². The Hall–Kier alpha value is -2.76. The molecule has 0 fully saturated rings. The fourth-order valence-corrected chi connectivity index (χ4v) is 6.38. The summed E-state index contributed by atoms with van der Waals surface area (Å²) in [7, 11) is -4.00. The number of azide groups is 1. The fourth-order valence-electron chi connectivity index (χ4n) is 4.40. The van der Waals surface area contributed by atoms with Crippen LogP contribution in [0.2, 0.25) is 0 Å². The van der Waals surface area contributed by atoms with Crippen LogP contribution in [-0.2, 0) is 21.2 Å². The summed E-state index contributed by atoms with van der Waals surface area (Å²) in [6, 6.07) is -0.388. The molecule has 1 aliphatic heterocycles. The topological polar surface area (TPSA) is 155 Å². The first-order valence-electron chi connectivity index (χ1n) is 12.6. The molecule has 1 aromatic carbocycles. The molecule has 0 unspecified atom stereocenters. The van der Waals surface area contributed by atoms with Crippen LogP contribution in [-0.4, -0.2) is 50.0 Å². The Morgan fingerprint density at radius 3 is 2.47 bits per heavy atom. The lowest BCUT2D eigenvalue weighted by molar-refractivity contribution is 0.0527. The molecule has 11 nitrogen and oxygen atoms in total. The van der Waals surface area contributed by atoms with Crippen molar-refractivity contribution in [1.82, 2.24) is 15.4 Å². The summed E-state index contributed by atoms with van der Waals surface area (Å²) >= 11 is 5.34. The first kappa shape index (κ1) is 31.5. The summed E-state index contributed by atoms with van der Waals surface area (Å²) in [5.41, 5.74) is 10.7. The lowest BCUT2D eigenvalue weighted by atomic mass is 9.94. The Labute approximate surface area is 231 Å². The maximum Gasteiger partial charge on any atom is 0.407 e. The van der Waals surface area contributed by atoms with E-state index in [1.54, 1.807) is 34.6 Å². The number of rotatable bonds is 10. The molecular weight excluding hydrogens is 528 g/mol. The first-order valence-corrected chi connectivity index (χ1v) is 14.5. The average molecular weight is 569 g/mol. The third-order valence-corrected chi connectivity index (χ3v) is 8.11. The molecule has 1 aromatic rings. The quantitative estimate of drug-likeness (QED) is 0.120. The molecule has 212 valence electrons. The van der Waals surface area contributed by atoms with E-state index in [-0.39, 0.29) is 22.6 Å². The monoisotopic (exact) mass is 568 g/mol. The summed E-state index contributed by atoms with van der Waals surface area (Å²) in [6.07, 6.45) is 1.98. The fraction of sp³-hybridized carbons (Fsp3) is 0.680. The van der Waals surface area contributed by atoms with Crippen molar-refractivity contribution < 1.29 is 22.7 Å². The molecular formula is C25H40N6O5S2. The highest BCUT2D eigenvalue weighted by atomic mass is 32.2. The molecule has 3 N–H and O–H groups in total. The smallest absolute Gasteiger partial charge is 0.407 e. The molecule has 0 spiro atoms. The van der Waals surface area contributed by atoms with E-state index in [1.807, 2.05) is 20.8 Å². The van der Waals surface area contributed by atoms with Crippen molar-refractivity contribution in [3.63, 3.8) is 0 Å². The Balaban J connectivity index is 2.04. The number of ether oxygens (including phenoxy) is 2. The lowest BCUT2D eigenvalue weighted by Gasteiger charge is -2.22. The van der Waals surface area contributed by atoms with Gasteiger partial charge in [0, 0.05) is 36.0 Å². The second-order valence-electron chi connectivity index (χ2n) is 11.2. The van der Waals surface area contributed by atoms with Crippen LogP contribution in [0.5, 0.6) is 5.75 Å². The minimum atomic E-state index is -4.00. The van der Waals surface area contributed by atoms with Crippen LogP contribution >= 0.6 is 12.2 Å². The van der Waals surface area contributed by atoms with Crippen LogP contribution in [0.3, 0.4) is 0 Å². The number of carbonyl (C=O) groups excluding carboxylic acids is 1. The zero-order valence-corrected chi connectivity index (χ0v) is 25.2. The van der Waals surface area contributed by atoms with Gasteiger partial charge in [-0.1, -0.05) is 5.11 Å². The number of sulfonamides is 1. The minimum Gasteiger partial charge on any atom is -0.487 e. The Morgan fingerprint density at radius 1 is 1.21 bits per heavy atom. The molecule has 1 atom stereocenters. The molecule has 13 heteroatoms. The maximum atomic E-state index is 13.4. The van der Waals surface area contributed by atoms with E-state index in [9.17, 15) is 13.2 Å². The summed E-state index contributed by atoms with van der Waals surface area (Å²) in [6.45, 7) is 15.2. The number of hydrogen-bond donors (Lipinski definition) is 3. The van der Waals surface area contributed by atoms with Gasteiger partial charge in [-0.15, -0.1) is 0 Å². The third-order valence-electron chi connectivity index (χ3n) is 6.14. The van der Waals surface area contributed by atoms with Gasteiger partial charge in [0.2, 0.25) is 0 Å². The van der Waals surface area contributed by atoms with Gasteiger partial charge in [-0.05, 0) is 109 Å². The molecule has 0 radical (unpaired) electrons. The first-order chi connectivity index (χ1) is 17.5. The van der Waals surface area contributed by atoms with Gasteiger partial charge in [0.1, 0.15) is 17.0 Å². The van der Waals surface area contributed by atoms with Gasteiger partial charge in [-0.3, -0.25) is 4.72 Å². The number of nitrogens with one attached hydrogen (secondary N) is 3. The maximum absolute atomic E-state index is 13.4. The summed E-state index contributed by atoms with van der Waals surface area (Å²) in [5.74, 6) is 0.750. The molecule has 0 bridgehead atoms. The Morgan fingerprint density at radius 2 is 1.87 bits per heavy atom. The predicted octanol–water partition coefficient (Wildman–Crippen LogP) is 4.85. The minimum absolute atomic E-state index is 0.0800. The summed E-state index contributed by atoms with van der Waals surface area (Å²) in [5, 5.41) is 9.20. The Kier molecular flexibility index (Phi) is 10.3. The molecule has 1 amide bonds. The van der Waals surface area contributed by atoms with Crippen molar-refractivity contribution in [2.24, 2.45) is 5.11 Å². The van der Waals surface area contributed by atoms with Gasteiger partial charge >= 0.3 is 6.09 Å². The highest BCUT2D eigenvalue weighted by Gasteiger charge is 2.36. The molecule has 0 saturated carbocycles. The molecule has 0 aliphatic carbocycles. The van der Waals surface area contributed by atoms with Gasteiger partial charge in [0.25, 0.3) is 10.0 Å². The standard InChI is InChI=1S/C25H40N6O5S2/c1-15-16(2)21(17(3)19-13-25(7,8)35-20(15)19)38(33,34)30-22(37)29-18(14-28-31-26)11-9-10-12-27-23(32)36-24(4,5)6/h18H,9-14H2,1-8H3,(H,27,32)(H2,29,30,37)/t18-/m0/s1. The summed E-state index contributed by atoms with van der Waals surface area (Å²) in [4.78, 5) is 14.8. The van der Waals surface area contributed by atoms with Gasteiger partial charge in [0.05, 0.1) is 4.90 Å². The van der Waals surface area contributed by atoms with Gasteiger partial charge < -0.3 is 20.1 Å². The number of alkyl carbamates (subject to hydrolysis) is 1. The van der Waals surface area contributed by atoms with Crippen LogP contribution in [0, 0.1) is 20.8 Å². The second kappa shape index (κ2) is 12.4. The number of thiocarbonyl (C=S) groups is 1. The van der Waals surface area contributed by atoms with Crippen molar-refractivity contribution in [1.29, 1.82) is 0 Å². The van der Waals surface area contributed by atoms with Crippen LogP contribution in [0.15, 0.2) is 10.0 Å². The van der Waals surface area contributed by atoms with E-state index >= 15 is 0 Å². The van der Waals surface area contributed by atoms with Crippen molar-refractivity contribution in [2.75, 3.05) is 13.1 Å². The van der Waals surface area contributed by atoms with E-state index < -0.39 is 27.3 Å². The third kappa shape index (κ3) is 8.64. The molecule has 1 aliphatic rings. The molecule has 1 heterocycles. The lowest BCUT2D eigenvalue weighted by Crippen LogP contribution is -2.45. The number of fused-ring (bicyclic) bond motifs is 1. The Bertz CT molecular complexity index is 1220. The number of hydrogen-bond acceptors (Lipinski definition) is 7. The highest BCUT2D eigenvalue weighted by Crippen LogP contribution is 2.43. The van der Waals surface area contributed by atoms with E-state index in [4.69, 9.17) is 27.2 Å². The van der Waals surface area contributed by atoms with Crippen LogP contribution in [0.4, 0.5) is 4.79 Å². The molecule has 2 rings (SSSR count). The molecule has 0 aromatic heterocycles. The molecule has 38 heavy (non-hydrogen) atoms. The van der Waals surface area contributed by atoms with Crippen molar-refractivity contribution in [3.05, 3.63) is 32.7 Å². The summed E-state index contributed by atoms with van der Waals surface area (Å²) < 4.78 is 40.7. The van der Waals surface area contributed by atoms with Gasteiger partial charge in [0.15, 0.2) is 5.11 Å². The van der Waals surface area contributed by atoms with Crippen molar-refractivity contribution in [3.8, 4) is 5.75 Å². The van der Waals surface area contributed by atoms with Crippen molar-refractivity contribution in [2.45, 2.75) is 103 Å². The van der Waals surface area contributed by atoms with E-state index in [2.05, 4.69) is 25.4 Å². The zero-order chi connectivity index (χ0) is 28.9. The molecule has 0 saturated heterocycles. The second-order valence-corrected chi connectivity index (χ2v) is 13.2. The van der Waals surface area contributed by atoms with Crippen LogP contribution in [0.1, 0.15) is 76.1 Å². The van der Waals surface area contributed by atoms with Gasteiger partial charge in [-0.25, -0.2) is 13.2 Å². The predicted molar refractivity (Wildman–Crippen MR) is 151 cm³/mol. The number of carbonyl (C=O) groups is 1. The number of nitrogens with zero attached hydrogens (tertiary/aromatic N) is 3. The number of benzene rings is 1. The average Bonchev–Trinajstić information content (AvgIpc) is 3.09. The largest absolute Gasteiger partial charge is 0.487 e. The van der Waals surface area contributed by atoms with E-state index in [0.717, 1.165) is 16.9 Å². The van der Waals surface area contributed by atoms with Crippen LogP contribution in [0.25, 0.3) is 10.4 Å². The van der Waals surface area contributed by atoms with Crippen molar-refractivity contribution >= 4 is 33.4 Å². The van der Waals surface area contributed by atoms with E-state index in [1.165, 1.54) is 0 Å². The number of amides is 1. The zero-order valence-electron chi connectivity index (χ0n) is 23.5. The normalized spacial score (nSPS) is 14.9. The SMILES string of the molecule is Cc1c(C)c(S(=O)(=O)NC(=S)N[C@@H](CCCCNC(=O)OC(C)(C)C)CN=[N+]=[N-])c(C)c2c1OC(C)(C)C2.